The molecule has 0 spiro atoms. The summed E-state index contributed by atoms with van der Waals surface area (Å²) >= 11 is 0. The fourth-order valence-electron chi connectivity index (χ4n) is 1.86. The zero-order valence-corrected chi connectivity index (χ0v) is 10.7. The van der Waals surface area contributed by atoms with Gasteiger partial charge < -0.3 is 4.74 Å². The molecular formula is C14H10F4N2O. The first-order chi connectivity index (χ1) is 9.93. The van der Waals surface area contributed by atoms with Crippen LogP contribution in [0.25, 0.3) is 0 Å². The lowest BCUT2D eigenvalue weighted by molar-refractivity contribution is -0.140. The van der Waals surface area contributed by atoms with Gasteiger partial charge in [-0.15, -0.1) is 0 Å². The second kappa shape index (κ2) is 4.98. The number of hydrogen-bond donors (Lipinski definition) is 0. The Morgan fingerprint density at radius 3 is 2.57 bits per heavy atom. The lowest BCUT2D eigenvalue weighted by Crippen LogP contribution is -2.08. The van der Waals surface area contributed by atoms with E-state index in [4.69, 9.17) is 4.74 Å². The zero-order valence-electron chi connectivity index (χ0n) is 10.7. The molecule has 0 atom stereocenters. The molecule has 1 aliphatic carbocycles. The molecule has 0 radical (unpaired) electrons. The van der Waals surface area contributed by atoms with Crippen molar-refractivity contribution in [2.75, 3.05) is 0 Å². The number of benzene rings is 1. The average Bonchev–Trinajstić information content (AvgIpc) is 3.24. The first-order valence-corrected chi connectivity index (χ1v) is 6.31. The van der Waals surface area contributed by atoms with Crippen LogP contribution in [0.15, 0.2) is 30.5 Å². The van der Waals surface area contributed by atoms with E-state index in [1.54, 1.807) is 0 Å². The average molecular weight is 298 g/mol. The third kappa shape index (κ3) is 3.12. The molecule has 1 fully saturated rings. The topological polar surface area (TPSA) is 35.0 Å². The SMILES string of the molecule is Fc1ccc(Oc2ccnc(C3CC3)n2)cc1C(F)(F)F. The lowest BCUT2D eigenvalue weighted by atomic mass is 10.2. The summed E-state index contributed by atoms with van der Waals surface area (Å²) in [5, 5.41) is 0. The van der Waals surface area contributed by atoms with Crippen LogP contribution in [0.5, 0.6) is 11.6 Å². The Morgan fingerprint density at radius 2 is 1.90 bits per heavy atom. The van der Waals surface area contributed by atoms with Gasteiger partial charge in [0.05, 0.1) is 5.56 Å². The maximum Gasteiger partial charge on any atom is 0.419 e. The fraction of sp³-hybridized carbons (Fsp3) is 0.286. The van der Waals surface area contributed by atoms with Gasteiger partial charge in [0, 0.05) is 18.2 Å². The largest absolute Gasteiger partial charge is 0.439 e. The van der Waals surface area contributed by atoms with Crippen LogP contribution in [-0.2, 0) is 6.18 Å². The molecule has 0 unspecified atom stereocenters. The minimum Gasteiger partial charge on any atom is -0.439 e. The molecule has 1 heterocycles. The molecule has 1 saturated carbocycles. The summed E-state index contributed by atoms with van der Waals surface area (Å²) in [6.45, 7) is 0. The van der Waals surface area contributed by atoms with Crippen LogP contribution < -0.4 is 4.74 Å². The molecule has 110 valence electrons. The Hall–Kier alpha value is -2.18. The highest BCUT2D eigenvalue weighted by atomic mass is 19.4. The van der Waals surface area contributed by atoms with Crippen molar-refractivity contribution >= 4 is 0 Å². The van der Waals surface area contributed by atoms with Gasteiger partial charge in [0.25, 0.3) is 0 Å². The van der Waals surface area contributed by atoms with Gasteiger partial charge in [0.2, 0.25) is 5.88 Å². The Bertz CT molecular complexity index is 668. The van der Waals surface area contributed by atoms with E-state index in [1.165, 1.54) is 12.3 Å². The molecule has 7 heteroatoms. The number of alkyl halides is 3. The number of hydrogen-bond acceptors (Lipinski definition) is 3. The molecule has 0 saturated heterocycles. The van der Waals surface area contributed by atoms with E-state index in [1.807, 2.05) is 0 Å². The molecule has 3 rings (SSSR count). The van der Waals surface area contributed by atoms with Crippen molar-refractivity contribution in [3.63, 3.8) is 0 Å². The molecule has 1 aliphatic rings. The summed E-state index contributed by atoms with van der Waals surface area (Å²) < 4.78 is 56.3. The molecule has 0 bridgehead atoms. The summed E-state index contributed by atoms with van der Waals surface area (Å²) in [7, 11) is 0. The van der Waals surface area contributed by atoms with E-state index in [0.717, 1.165) is 25.0 Å². The van der Waals surface area contributed by atoms with Gasteiger partial charge in [-0.1, -0.05) is 0 Å². The first kappa shape index (κ1) is 13.8. The summed E-state index contributed by atoms with van der Waals surface area (Å²) in [4.78, 5) is 8.22. The third-order valence-corrected chi connectivity index (χ3v) is 3.06. The molecule has 3 nitrogen and oxygen atoms in total. The predicted molar refractivity (Wildman–Crippen MR) is 65.5 cm³/mol. The van der Waals surface area contributed by atoms with Gasteiger partial charge in [0.1, 0.15) is 17.4 Å². The van der Waals surface area contributed by atoms with Gasteiger partial charge >= 0.3 is 6.18 Å². The van der Waals surface area contributed by atoms with E-state index in [9.17, 15) is 17.6 Å². The van der Waals surface area contributed by atoms with Crippen molar-refractivity contribution in [1.29, 1.82) is 0 Å². The van der Waals surface area contributed by atoms with Crippen molar-refractivity contribution in [3.05, 3.63) is 47.7 Å². The zero-order chi connectivity index (χ0) is 15.0. The maximum absolute atomic E-state index is 13.2. The van der Waals surface area contributed by atoms with Crippen LogP contribution in [0.1, 0.15) is 30.1 Å². The monoisotopic (exact) mass is 298 g/mol. The van der Waals surface area contributed by atoms with Crippen LogP contribution in [0.3, 0.4) is 0 Å². The molecular weight excluding hydrogens is 288 g/mol. The van der Waals surface area contributed by atoms with Crippen molar-refractivity contribution in [2.45, 2.75) is 24.9 Å². The normalized spacial score (nSPS) is 15.0. The maximum atomic E-state index is 13.2. The Kier molecular flexibility index (Phi) is 3.27. The quantitative estimate of drug-likeness (QED) is 0.792. The summed E-state index contributed by atoms with van der Waals surface area (Å²) in [6, 6.07) is 3.92. The summed E-state index contributed by atoms with van der Waals surface area (Å²) in [5.41, 5.74) is -1.36. The van der Waals surface area contributed by atoms with E-state index in [-0.39, 0.29) is 11.6 Å². The van der Waals surface area contributed by atoms with Crippen molar-refractivity contribution in [2.24, 2.45) is 0 Å². The van der Waals surface area contributed by atoms with Crippen LogP contribution in [0.4, 0.5) is 17.6 Å². The molecule has 1 aromatic heterocycles. The minimum atomic E-state index is -4.77. The summed E-state index contributed by atoms with van der Waals surface area (Å²) in [6.07, 6.45) is -1.28. The Balaban J connectivity index is 1.86. The third-order valence-electron chi connectivity index (χ3n) is 3.06. The Labute approximate surface area is 117 Å². The molecule has 0 amide bonds. The molecule has 1 aromatic carbocycles. The molecule has 0 N–H and O–H groups in total. The Morgan fingerprint density at radius 1 is 1.14 bits per heavy atom. The standard InChI is InChI=1S/C14H10F4N2O/c15-11-4-3-9(7-10(11)14(16,17)18)21-12-5-6-19-13(20-12)8-1-2-8/h3-8H,1-2H2. The lowest BCUT2D eigenvalue weighted by Gasteiger charge is -2.10. The van der Waals surface area contributed by atoms with Gasteiger partial charge in [-0.05, 0) is 31.0 Å². The second-order valence-corrected chi connectivity index (χ2v) is 4.77. The highest BCUT2D eigenvalue weighted by Crippen LogP contribution is 2.39. The smallest absolute Gasteiger partial charge is 0.419 e. The van der Waals surface area contributed by atoms with Crippen LogP contribution in [-0.4, -0.2) is 9.97 Å². The number of halogens is 4. The van der Waals surface area contributed by atoms with Gasteiger partial charge in [-0.3, -0.25) is 0 Å². The van der Waals surface area contributed by atoms with Crippen LogP contribution >= 0.6 is 0 Å². The summed E-state index contributed by atoms with van der Waals surface area (Å²) in [5.74, 6) is -0.398. The fourth-order valence-corrected chi connectivity index (χ4v) is 1.86. The second-order valence-electron chi connectivity index (χ2n) is 4.77. The van der Waals surface area contributed by atoms with Crippen LogP contribution in [0.2, 0.25) is 0 Å². The number of rotatable bonds is 3. The first-order valence-electron chi connectivity index (χ1n) is 6.31. The molecule has 21 heavy (non-hydrogen) atoms. The molecule has 2 aromatic rings. The number of ether oxygens (including phenoxy) is 1. The van der Waals surface area contributed by atoms with E-state index in [0.29, 0.717) is 17.8 Å². The van der Waals surface area contributed by atoms with Gasteiger partial charge in [-0.25, -0.2) is 9.37 Å². The number of aromatic nitrogens is 2. The minimum absolute atomic E-state index is 0.121. The van der Waals surface area contributed by atoms with Crippen molar-refractivity contribution < 1.29 is 22.3 Å². The number of nitrogens with zero attached hydrogens (tertiary/aromatic N) is 2. The molecule has 0 aliphatic heterocycles. The van der Waals surface area contributed by atoms with E-state index >= 15 is 0 Å². The highest BCUT2D eigenvalue weighted by Gasteiger charge is 2.34. The van der Waals surface area contributed by atoms with Crippen molar-refractivity contribution in [1.82, 2.24) is 9.97 Å². The predicted octanol–water partition coefficient (Wildman–Crippen LogP) is 4.30. The van der Waals surface area contributed by atoms with Crippen molar-refractivity contribution in [3.8, 4) is 11.6 Å². The highest BCUT2D eigenvalue weighted by molar-refractivity contribution is 5.34. The van der Waals surface area contributed by atoms with E-state index < -0.39 is 17.6 Å². The van der Waals surface area contributed by atoms with Gasteiger partial charge in [-0.2, -0.15) is 18.2 Å². The van der Waals surface area contributed by atoms with Gasteiger partial charge in [0.15, 0.2) is 0 Å². The van der Waals surface area contributed by atoms with E-state index in [2.05, 4.69) is 9.97 Å². The van der Waals surface area contributed by atoms with Crippen LogP contribution in [0, 0.1) is 5.82 Å².